The van der Waals surface area contributed by atoms with Gasteiger partial charge in [0.25, 0.3) is 0 Å². The highest BCUT2D eigenvalue weighted by Crippen LogP contribution is 2.35. The van der Waals surface area contributed by atoms with Gasteiger partial charge >= 0.3 is 0 Å². The second-order valence-corrected chi connectivity index (χ2v) is 5.28. The zero-order chi connectivity index (χ0) is 14.9. The molecule has 0 unspecified atom stereocenters. The van der Waals surface area contributed by atoms with E-state index in [0.717, 1.165) is 29.9 Å². The largest absolute Gasteiger partial charge is 0.507 e. The molecule has 0 aliphatic heterocycles. The van der Waals surface area contributed by atoms with Crippen molar-refractivity contribution in [2.75, 3.05) is 6.61 Å². The van der Waals surface area contributed by atoms with Crippen molar-refractivity contribution in [1.82, 2.24) is 0 Å². The van der Waals surface area contributed by atoms with Gasteiger partial charge in [-0.3, -0.25) is 0 Å². The lowest BCUT2D eigenvalue weighted by atomic mass is 10.0. The molecule has 0 amide bonds. The maximum Gasteiger partial charge on any atom is 0.127 e. The van der Waals surface area contributed by atoms with Crippen LogP contribution in [0.25, 0.3) is 11.1 Å². The molecule has 0 radical (unpaired) electrons. The Labute approximate surface area is 127 Å². The Hall–Kier alpha value is -1.96. The molecule has 0 atom stereocenters. The summed E-state index contributed by atoms with van der Waals surface area (Å²) in [5.41, 5.74) is 1.77. The minimum absolute atomic E-state index is 0.288. The summed E-state index contributed by atoms with van der Waals surface area (Å²) < 4.78 is 5.92. The zero-order valence-corrected chi connectivity index (χ0v) is 12.7. The summed E-state index contributed by atoms with van der Waals surface area (Å²) in [6, 6.07) is 15.3. The van der Waals surface area contributed by atoms with Crippen molar-refractivity contribution in [3.05, 3.63) is 48.5 Å². The molecule has 0 saturated carbocycles. The summed E-state index contributed by atoms with van der Waals surface area (Å²) in [5.74, 6) is 1.13. The minimum atomic E-state index is 0.288. The molecule has 1 N–H and O–H groups in total. The van der Waals surface area contributed by atoms with Crippen LogP contribution in [-0.2, 0) is 0 Å². The molecule has 112 valence electrons. The highest BCUT2D eigenvalue weighted by Gasteiger charge is 2.09. The molecule has 2 aromatic rings. The maximum atomic E-state index is 10.0. The van der Waals surface area contributed by atoms with Crippen LogP contribution < -0.4 is 4.74 Å². The third-order valence-corrected chi connectivity index (χ3v) is 3.59. The molecule has 0 fully saturated rings. The quantitative estimate of drug-likeness (QED) is 0.657. The molecule has 2 aromatic carbocycles. The number of aromatic hydroxyl groups is 1. The Morgan fingerprint density at radius 1 is 0.810 bits per heavy atom. The van der Waals surface area contributed by atoms with Crippen LogP contribution in [0, 0.1) is 0 Å². The molecular weight excluding hydrogens is 260 g/mol. The molecule has 21 heavy (non-hydrogen) atoms. The van der Waals surface area contributed by atoms with E-state index in [1.807, 2.05) is 42.5 Å². The highest BCUT2D eigenvalue weighted by molar-refractivity contribution is 5.75. The molecule has 0 heterocycles. The first-order valence-electron chi connectivity index (χ1n) is 7.83. The van der Waals surface area contributed by atoms with Crippen LogP contribution in [-0.4, -0.2) is 11.7 Å². The van der Waals surface area contributed by atoms with E-state index >= 15 is 0 Å². The van der Waals surface area contributed by atoms with Crippen LogP contribution in [0.3, 0.4) is 0 Å². The fraction of sp³-hybridized carbons (Fsp3) is 0.368. The van der Waals surface area contributed by atoms with Gasteiger partial charge in [-0.2, -0.15) is 0 Å². The second-order valence-electron chi connectivity index (χ2n) is 5.28. The SMILES string of the molecule is CCCCCCCOc1ccccc1-c1ccccc1O. The molecule has 2 nitrogen and oxygen atoms in total. The molecule has 0 aliphatic carbocycles. The van der Waals surface area contributed by atoms with Gasteiger partial charge in [0, 0.05) is 11.1 Å². The Morgan fingerprint density at radius 3 is 2.24 bits per heavy atom. The lowest BCUT2D eigenvalue weighted by Gasteiger charge is -2.12. The van der Waals surface area contributed by atoms with E-state index < -0.39 is 0 Å². The molecule has 0 aliphatic rings. The van der Waals surface area contributed by atoms with Crippen molar-refractivity contribution in [3.8, 4) is 22.6 Å². The van der Waals surface area contributed by atoms with Gasteiger partial charge in [-0.1, -0.05) is 69.0 Å². The molecule has 2 heteroatoms. The van der Waals surface area contributed by atoms with E-state index in [0.29, 0.717) is 0 Å². The lowest BCUT2D eigenvalue weighted by Crippen LogP contribution is -1.98. The number of phenols is 1. The average Bonchev–Trinajstić information content (AvgIpc) is 2.52. The van der Waals surface area contributed by atoms with Crippen LogP contribution in [0.2, 0.25) is 0 Å². The standard InChI is InChI=1S/C19H24O2/c1-2-3-4-5-10-15-21-19-14-9-7-12-17(19)16-11-6-8-13-18(16)20/h6-9,11-14,20H,2-5,10,15H2,1H3. The van der Waals surface area contributed by atoms with E-state index in [2.05, 4.69) is 6.92 Å². The molecule has 0 aromatic heterocycles. The normalized spacial score (nSPS) is 10.5. The molecule has 2 rings (SSSR count). The first-order chi connectivity index (χ1) is 10.3. The van der Waals surface area contributed by atoms with Crippen molar-refractivity contribution in [2.24, 2.45) is 0 Å². The van der Waals surface area contributed by atoms with Gasteiger partial charge < -0.3 is 9.84 Å². The molecule has 0 saturated heterocycles. The van der Waals surface area contributed by atoms with Gasteiger partial charge in [0.05, 0.1) is 6.61 Å². The number of hydrogen-bond acceptors (Lipinski definition) is 2. The van der Waals surface area contributed by atoms with Gasteiger partial charge in [-0.25, -0.2) is 0 Å². The van der Waals surface area contributed by atoms with Gasteiger partial charge in [-0.05, 0) is 18.6 Å². The summed E-state index contributed by atoms with van der Waals surface area (Å²) in [6.07, 6.45) is 6.13. The van der Waals surface area contributed by atoms with Gasteiger partial charge in [0.1, 0.15) is 11.5 Å². The predicted molar refractivity (Wildman–Crippen MR) is 87.8 cm³/mol. The number of hydrogen-bond donors (Lipinski definition) is 1. The van der Waals surface area contributed by atoms with Crippen molar-refractivity contribution in [2.45, 2.75) is 39.0 Å². The third-order valence-electron chi connectivity index (χ3n) is 3.59. The van der Waals surface area contributed by atoms with E-state index in [-0.39, 0.29) is 5.75 Å². The summed E-state index contributed by atoms with van der Waals surface area (Å²) in [4.78, 5) is 0. The van der Waals surface area contributed by atoms with Crippen LogP contribution in [0.4, 0.5) is 0 Å². The fourth-order valence-corrected chi connectivity index (χ4v) is 2.40. The number of phenolic OH excluding ortho intramolecular Hbond substituents is 1. The molecule has 0 bridgehead atoms. The van der Waals surface area contributed by atoms with Gasteiger partial charge in [0.2, 0.25) is 0 Å². The first-order valence-corrected chi connectivity index (χ1v) is 7.83. The Balaban J connectivity index is 1.99. The van der Waals surface area contributed by atoms with Crippen LogP contribution in [0.1, 0.15) is 39.0 Å². The number of ether oxygens (including phenoxy) is 1. The van der Waals surface area contributed by atoms with Crippen molar-refractivity contribution < 1.29 is 9.84 Å². The first kappa shape index (κ1) is 15.4. The van der Waals surface area contributed by atoms with Crippen LogP contribution in [0.5, 0.6) is 11.5 Å². The third kappa shape index (κ3) is 4.52. The van der Waals surface area contributed by atoms with Gasteiger partial charge in [0.15, 0.2) is 0 Å². The lowest BCUT2D eigenvalue weighted by molar-refractivity contribution is 0.305. The molecular formula is C19H24O2. The van der Waals surface area contributed by atoms with Crippen LogP contribution >= 0.6 is 0 Å². The maximum absolute atomic E-state index is 10.0. The molecule has 0 spiro atoms. The van der Waals surface area contributed by atoms with E-state index in [9.17, 15) is 5.11 Å². The summed E-state index contributed by atoms with van der Waals surface area (Å²) >= 11 is 0. The number of para-hydroxylation sites is 2. The summed E-state index contributed by atoms with van der Waals surface area (Å²) in [5, 5.41) is 10.0. The number of rotatable bonds is 8. The Morgan fingerprint density at radius 2 is 1.48 bits per heavy atom. The van der Waals surface area contributed by atoms with E-state index in [4.69, 9.17) is 4.74 Å². The fourth-order valence-electron chi connectivity index (χ4n) is 2.40. The Bertz CT molecular complexity index is 549. The Kier molecular flexibility index (Phi) is 6.14. The second kappa shape index (κ2) is 8.35. The highest BCUT2D eigenvalue weighted by atomic mass is 16.5. The summed E-state index contributed by atoms with van der Waals surface area (Å²) in [7, 11) is 0. The van der Waals surface area contributed by atoms with Crippen molar-refractivity contribution in [1.29, 1.82) is 0 Å². The zero-order valence-electron chi connectivity index (χ0n) is 12.7. The van der Waals surface area contributed by atoms with Crippen LogP contribution in [0.15, 0.2) is 48.5 Å². The predicted octanol–water partition coefficient (Wildman–Crippen LogP) is 5.41. The topological polar surface area (TPSA) is 29.5 Å². The van der Waals surface area contributed by atoms with E-state index in [1.165, 1.54) is 25.7 Å². The minimum Gasteiger partial charge on any atom is -0.507 e. The summed E-state index contributed by atoms with van der Waals surface area (Å²) in [6.45, 7) is 2.95. The monoisotopic (exact) mass is 284 g/mol. The number of benzene rings is 2. The average molecular weight is 284 g/mol. The van der Waals surface area contributed by atoms with E-state index in [1.54, 1.807) is 6.07 Å². The van der Waals surface area contributed by atoms with Gasteiger partial charge in [-0.15, -0.1) is 0 Å². The van der Waals surface area contributed by atoms with Crippen molar-refractivity contribution >= 4 is 0 Å². The van der Waals surface area contributed by atoms with Crippen molar-refractivity contribution in [3.63, 3.8) is 0 Å². The smallest absolute Gasteiger partial charge is 0.127 e. The number of unbranched alkanes of at least 4 members (excludes halogenated alkanes) is 4.